The Bertz CT molecular complexity index is 352. The van der Waals surface area contributed by atoms with Crippen LogP contribution in [0.25, 0.3) is 0 Å². The second-order valence-electron chi connectivity index (χ2n) is 4.19. The third-order valence-corrected chi connectivity index (χ3v) is 2.64. The maximum Gasteiger partial charge on any atom is 0.160 e. The highest BCUT2D eigenvalue weighted by molar-refractivity contribution is 5.42. The number of aliphatic hydroxyl groups is 1. The lowest BCUT2D eigenvalue weighted by Gasteiger charge is -2.22. The van der Waals surface area contributed by atoms with E-state index in [0.29, 0.717) is 11.3 Å². The molecule has 4 heteroatoms. The van der Waals surface area contributed by atoms with Gasteiger partial charge < -0.3 is 20.7 Å². The van der Waals surface area contributed by atoms with Crippen LogP contribution in [0, 0.1) is 5.92 Å². The van der Waals surface area contributed by atoms with E-state index in [0.717, 1.165) is 0 Å². The Kier molecular flexibility index (Phi) is 4.15. The van der Waals surface area contributed by atoms with Crippen molar-refractivity contribution < 1.29 is 14.9 Å². The van der Waals surface area contributed by atoms with Crippen LogP contribution < -0.4 is 10.5 Å². The third kappa shape index (κ3) is 2.65. The minimum Gasteiger partial charge on any atom is -0.504 e. The van der Waals surface area contributed by atoms with Gasteiger partial charge in [-0.2, -0.15) is 0 Å². The van der Waals surface area contributed by atoms with Crippen molar-refractivity contribution in [2.75, 3.05) is 7.11 Å². The molecule has 0 unspecified atom stereocenters. The third-order valence-electron chi connectivity index (χ3n) is 2.64. The largest absolute Gasteiger partial charge is 0.504 e. The number of benzene rings is 1. The van der Waals surface area contributed by atoms with Crippen molar-refractivity contribution in [2.45, 2.75) is 26.0 Å². The van der Waals surface area contributed by atoms with E-state index in [4.69, 9.17) is 10.5 Å². The Morgan fingerprint density at radius 2 is 1.94 bits per heavy atom. The molecule has 0 aliphatic rings. The first-order valence-electron chi connectivity index (χ1n) is 5.28. The molecule has 90 valence electrons. The summed E-state index contributed by atoms with van der Waals surface area (Å²) >= 11 is 0. The lowest BCUT2D eigenvalue weighted by Crippen LogP contribution is -2.30. The first kappa shape index (κ1) is 12.8. The fourth-order valence-electron chi connectivity index (χ4n) is 1.53. The van der Waals surface area contributed by atoms with Crippen LogP contribution in [0.5, 0.6) is 11.5 Å². The van der Waals surface area contributed by atoms with Crippen molar-refractivity contribution in [3.8, 4) is 11.5 Å². The molecule has 1 aromatic rings. The molecule has 0 fully saturated rings. The number of hydrogen-bond donors (Lipinski definition) is 3. The molecule has 2 atom stereocenters. The second kappa shape index (κ2) is 5.18. The van der Waals surface area contributed by atoms with Crippen molar-refractivity contribution in [3.05, 3.63) is 23.8 Å². The summed E-state index contributed by atoms with van der Waals surface area (Å²) in [6.45, 7) is 3.79. The number of phenols is 1. The molecule has 4 N–H and O–H groups in total. The summed E-state index contributed by atoms with van der Waals surface area (Å²) in [5.41, 5.74) is 6.59. The van der Waals surface area contributed by atoms with Gasteiger partial charge >= 0.3 is 0 Å². The van der Waals surface area contributed by atoms with Gasteiger partial charge in [-0.15, -0.1) is 0 Å². The molecule has 0 amide bonds. The minimum atomic E-state index is -0.632. The van der Waals surface area contributed by atoms with Gasteiger partial charge in [0.05, 0.1) is 19.3 Å². The standard InChI is InChI=1S/C12H19NO3/c1-7(2)12(15)11(13)8-4-5-10(16-3)9(14)6-8/h4-7,11-12,14-15H,13H2,1-3H3/t11-,12+/m1/s1. The molecular weight excluding hydrogens is 206 g/mol. The molecule has 0 heterocycles. The van der Waals surface area contributed by atoms with Crippen molar-refractivity contribution in [3.63, 3.8) is 0 Å². The molecule has 0 radical (unpaired) electrons. The zero-order valence-corrected chi connectivity index (χ0v) is 9.84. The number of aliphatic hydroxyl groups excluding tert-OH is 1. The van der Waals surface area contributed by atoms with Crippen LogP contribution in [0.2, 0.25) is 0 Å². The van der Waals surface area contributed by atoms with Crippen molar-refractivity contribution in [1.29, 1.82) is 0 Å². The van der Waals surface area contributed by atoms with Gasteiger partial charge in [-0.1, -0.05) is 19.9 Å². The predicted molar refractivity (Wildman–Crippen MR) is 62.4 cm³/mol. The summed E-state index contributed by atoms with van der Waals surface area (Å²) in [5.74, 6) is 0.501. The SMILES string of the molecule is COc1ccc([C@@H](N)[C@@H](O)C(C)C)cc1O. The topological polar surface area (TPSA) is 75.7 Å². The average Bonchev–Trinajstić information content (AvgIpc) is 2.26. The van der Waals surface area contributed by atoms with E-state index in [-0.39, 0.29) is 11.7 Å². The summed E-state index contributed by atoms with van der Waals surface area (Å²) in [5, 5.41) is 19.4. The van der Waals surface area contributed by atoms with E-state index in [1.807, 2.05) is 13.8 Å². The molecule has 1 aromatic carbocycles. The van der Waals surface area contributed by atoms with E-state index in [9.17, 15) is 10.2 Å². The number of hydrogen-bond acceptors (Lipinski definition) is 4. The Morgan fingerprint density at radius 3 is 2.38 bits per heavy atom. The first-order chi connectivity index (χ1) is 7.47. The molecule has 0 spiro atoms. The number of rotatable bonds is 4. The van der Waals surface area contributed by atoms with Gasteiger partial charge in [0, 0.05) is 0 Å². The van der Waals surface area contributed by atoms with Gasteiger partial charge in [-0.3, -0.25) is 0 Å². The summed E-state index contributed by atoms with van der Waals surface area (Å²) in [7, 11) is 1.48. The maximum absolute atomic E-state index is 9.83. The maximum atomic E-state index is 9.83. The molecule has 0 aromatic heterocycles. The molecule has 0 aliphatic carbocycles. The smallest absolute Gasteiger partial charge is 0.160 e. The molecule has 0 saturated heterocycles. The molecular formula is C12H19NO3. The molecule has 0 saturated carbocycles. The number of ether oxygens (including phenoxy) is 1. The van der Waals surface area contributed by atoms with Gasteiger partial charge in [-0.05, 0) is 23.6 Å². The number of nitrogens with two attached hydrogens (primary N) is 1. The van der Waals surface area contributed by atoms with Crippen molar-refractivity contribution in [1.82, 2.24) is 0 Å². The fourth-order valence-corrected chi connectivity index (χ4v) is 1.53. The van der Waals surface area contributed by atoms with Crippen LogP contribution in [0.3, 0.4) is 0 Å². The fraction of sp³-hybridized carbons (Fsp3) is 0.500. The zero-order valence-electron chi connectivity index (χ0n) is 9.84. The lowest BCUT2D eigenvalue weighted by atomic mass is 9.94. The van der Waals surface area contributed by atoms with Gasteiger partial charge in [-0.25, -0.2) is 0 Å². The quantitative estimate of drug-likeness (QED) is 0.724. The van der Waals surface area contributed by atoms with Gasteiger partial charge in [0.2, 0.25) is 0 Å². The lowest BCUT2D eigenvalue weighted by molar-refractivity contribution is 0.0978. The Labute approximate surface area is 95.7 Å². The Morgan fingerprint density at radius 1 is 1.31 bits per heavy atom. The van der Waals surface area contributed by atoms with Gasteiger partial charge in [0.1, 0.15) is 0 Å². The average molecular weight is 225 g/mol. The predicted octanol–water partition coefficient (Wildman–Crippen LogP) is 1.42. The van der Waals surface area contributed by atoms with Crippen LogP contribution in [-0.4, -0.2) is 23.4 Å². The van der Waals surface area contributed by atoms with Crippen molar-refractivity contribution in [2.24, 2.45) is 11.7 Å². The summed E-state index contributed by atoms with van der Waals surface area (Å²) < 4.78 is 4.93. The van der Waals surface area contributed by atoms with E-state index in [2.05, 4.69) is 0 Å². The van der Waals surface area contributed by atoms with E-state index in [1.54, 1.807) is 12.1 Å². The number of aromatic hydroxyl groups is 1. The van der Waals surface area contributed by atoms with Gasteiger partial charge in [0.25, 0.3) is 0 Å². The van der Waals surface area contributed by atoms with Gasteiger partial charge in [0.15, 0.2) is 11.5 Å². The molecule has 0 aliphatic heterocycles. The Balaban J connectivity index is 2.92. The second-order valence-corrected chi connectivity index (χ2v) is 4.19. The molecule has 4 nitrogen and oxygen atoms in total. The number of phenolic OH excluding ortho intramolecular Hbond substituents is 1. The normalized spacial score (nSPS) is 14.9. The van der Waals surface area contributed by atoms with Crippen LogP contribution in [-0.2, 0) is 0 Å². The van der Waals surface area contributed by atoms with Crippen LogP contribution in [0.4, 0.5) is 0 Å². The van der Waals surface area contributed by atoms with E-state index >= 15 is 0 Å². The van der Waals surface area contributed by atoms with E-state index in [1.165, 1.54) is 13.2 Å². The van der Waals surface area contributed by atoms with Crippen LogP contribution in [0.15, 0.2) is 18.2 Å². The van der Waals surface area contributed by atoms with Crippen molar-refractivity contribution >= 4 is 0 Å². The number of methoxy groups -OCH3 is 1. The first-order valence-corrected chi connectivity index (χ1v) is 5.28. The molecule has 16 heavy (non-hydrogen) atoms. The highest BCUT2D eigenvalue weighted by Gasteiger charge is 2.20. The summed E-state index contributed by atoms with van der Waals surface area (Å²) in [6, 6.07) is 4.40. The molecule has 0 bridgehead atoms. The zero-order chi connectivity index (χ0) is 12.3. The van der Waals surface area contributed by atoms with Crippen LogP contribution >= 0.6 is 0 Å². The minimum absolute atomic E-state index is 0.0337. The van der Waals surface area contributed by atoms with E-state index < -0.39 is 12.1 Å². The molecule has 1 rings (SSSR count). The highest BCUT2D eigenvalue weighted by atomic mass is 16.5. The monoisotopic (exact) mass is 225 g/mol. The summed E-state index contributed by atoms with van der Waals surface area (Å²) in [6.07, 6.45) is -0.632. The van der Waals surface area contributed by atoms with Crippen LogP contribution in [0.1, 0.15) is 25.5 Å². The highest BCUT2D eigenvalue weighted by Crippen LogP contribution is 2.30. The summed E-state index contributed by atoms with van der Waals surface area (Å²) in [4.78, 5) is 0. The Hall–Kier alpha value is -1.26.